The lowest BCUT2D eigenvalue weighted by molar-refractivity contribution is 0.593. The lowest BCUT2D eigenvalue weighted by atomic mass is 10.2. The molecule has 1 N–H and O–H groups in total. The number of hydrogen-bond acceptors (Lipinski definition) is 7. The minimum absolute atomic E-state index is 0.278. The van der Waals surface area contributed by atoms with Gasteiger partial charge in [-0.15, -0.1) is 6.42 Å². The Bertz CT molecular complexity index is 1040. The molecule has 0 amide bonds. The number of aromatic nitrogens is 4. The highest BCUT2D eigenvalue weighted by Gasteiger charge is 2.14. The highest BCUT2D eigenvalue weighted by molar-refractivity contribution is 7.90. The Morgan fingerprint density at radius 2 is 2.04 bits per heavy atom. The molecule has 0 fully saturated rings. The van der Waals surface area contributed by atoms with Crippen molar-refractivity contribution in [2.45, 2.75) is 5.16 Å². The molecule has 0 atom stereocenters. The molecule has 3 rings (SSSR count). The van der Waals surface area contributed by atoms with E-state index >= 15 is 0 Å². The molecule has 0 saturated heterocycles. The van der Waals surface area contributed by atoms with E-state index < -0.39 is 9.84 Å². The molecule has 23 heavy (non-hydrogen) atoms. The SMILES string of the molecule is C#Cc1cccc(Nc2ncnc3cnc(S(C)(=O)=O)nc23)c1. The zero-order chi connectivity index (χ0) is 16.4. The minimum atomic E-state index is -3.53. The topological polar surface area (TPSA) is 97.7 Å². The van der Waals surface area contributed by atoms with Crippen LogP contribution >= 0.6 is 0 Å². The van der Waals surface area contributed by atoms with Crippen molar-refractivity contribution in [2.24, 2.45) is 0 Å². The number of fused-ring (bicyclic) bond motifs is 1. The Morgan fingerprint density at radius 3 is 2.78 bits per heavy atom. The summed E-state index contributed by atoms with van der Waals surface area (Å²) in [5, 5.41) is 2.79. The van der Waals surface area contributed by atoms with E-state index in [-0.39, 0.29) is 5.16 Å². The lowest BCUT2D eigenvalue weighted by Gasteiger charge is -2.08. The highest BCUT2D eigenvalue weighted by atomic mass is 32.2. The Hall–Kier alpha value is -3.05. The van der Waals surface area contributed by atoms with Gasteiger partial charge in [-0.2, -0.15) is 0 Å². The summed E-state index contributed by atoms with van der Waals surface area (Å²) in [6.45, 7) is 0. The van der Waals surface area contributed by atoms with E-state index in [9.17, 15) is 8.42 Å². The molecular formula is C15H11N5O2S. The molecule has 1 aromatic carbocycles. The zero-order valence-electron chi connectivity index (χ0n) is 12.1. The first-order chi connectivity index (χ1) is 11.0. The lowest BCUT2D eigenvalue weighted by Crippen LogP contribution is -2.06. The third-order valence-electron chi connectivity index (χ3n) is 2.98. The minimum Gasteiger partial charge on any atom is -0.338 e. The second kappa shape index (κ2) is 5.62. The van der Waals surface area contributed by atoms with Gasteiger partial charge in [0.25, 0.3) is 0 Å². The van der Waals surface area contributed by atoms with Gasteiger partial charge in [-0.3, -0.25) is 0 Å². The fourth-order valence-corrected chi connectivity index (χ4v) is 2.43. The molecular weight excluding hydrogens is 314 g/mol. The van der Waals surface area contributed by atoms with Crippen molar-refractivity contribution in [1.29, 1.82) is 0 Å². The second-order valence-corrected chi connectivity index (χ2v) is 6.64. The third kappa shape index (κ3) is 3.09. The van der Waals surface area contributed by atoms with Crippen LogP contribution in [0.3, 0.4) is 0 Å². The van der Waals surface area contributed by atoms with Gasteiger partial charge in [-0.05, 0) is 18.2 Å². The molecule has 7 nitrogen and oxygen atoms in total. The molecule has 0 aliphatic heterocycles. The van der Waals surface area contributed by atoms with Crippen LogP contribution < -0.4 is 5.32 Å². The molecule has 0 radical (unpaired) electrons. The first-order valence-corrected chi connectivity index (χ1v) is 8.38. The van der Waals surface area contributed by atoms with Crippen LogP contribution in [0.25, 0.3) is 11.0 Å². The van der Waals surface area contributed by atoms with Crippen LogP contribution in [0, 0.1) is 12.3 Å². The predicted molar refractivity (Wildman–Crippen MR) is 85.9 cm³/mol. The second-order valence-electron chi connectivity index (χ2n) is 4.73. The highest BCUT2D eigenvalue weighted by Crippen LogP contribution is 2.22. The average molecular weight is 325 g/mol. The van der Waals surface area contributed by atoms with Gasteiger partial charge in [0.1, 0.15) is 17.4 Å². The Morgan fingerprint density at radius 1 is 1.22 bits per heavy atom. The first kappa shape index (κ1) is 14.9. The molecule has 0 spiro atoms. The first-order valence-electron chi connectivity index (χ1n) is 6.49. The Balaban J connectivity index is 2.11. The number of sulfone groups is 1. The summed E-state index contributed by atoms with van der Waals surface area (Å²) in [6.07, 6.45) is 9.12. The van der Waals surface area contributed by atoms with E-state index in [0.717, 1.165) is 6.26 Å². The summed E-state index contributed by atoms with van der Waals surface area (Å²) in [5.74, 6) is 2.91. The van der Waals surface area contributed by atoms with Crippen molar-refractivity contribution in [3.63, 3.8) is 0 Å². The number of terminal acetylenes is 1. The summed E-state index contributed by atoms with van der Waals surface area (Å²) in [7, 11) is -3.53. The maximum Gasteiger partial charge on any atom is 0.247 e. The fourth-order valence-electron chi connectivity index (χ4n) is 1.93. The van der Waals surface area contributed by atoms with E-state index in [4.69, 9.17) is 6.42 Å². The molecule has 0 unspecified atom stereocenters. The van der Waals surface area contributed by atoms with Gasteiger partial charge in [-0.1, -0.05) is 12.0 Å². The largest absolute Gasteiger partial charge is 0.338 e. The zero-order valence-corrected chi connectivity index (χ0v) is 12.9. The van der Waals surface area contributed by atoms with Crippen LogP contribution in [0.15, 0.2) is 41.9 Å². The molecule has 0 bridgehead atoms. The molecule has 2 aromatic heterocycles. The summed E-state index contributed by atoms with van der Waals surface area (Å²) < 4.78 is 23.2. The Labute approximate surface area is 132 Å². The monoisotopic (exact) mass is 325 g/mol. The molecule has 0 saturated carbocycles. The maximum atomic E-state index is 11.6. The van der Waals surface area contributed by atoms with Gasteiger partial charge in [0.05, 0.1) is 6.20 Å². The van der Waals surface area contributed by atoms with E-state index in [1.807, 2.05) is 6.07 Å². The van der Waals surface area contributed by atoms with Crippen molar-refractivity contribution >= 4 is 32.4 Å². The molecule has 0 aliphatic carbocycles. The van der Waals surface area contributed by atoms with Crippen LogP contribution in [0.5, 0.6) is 0 Å². The van der Waals surface area contributed by atoms with Gasteiger partial charge >= 0.3 is 0 Å². The summed E-state index contributed by atoms with van der Waals surface area (Å²) in [5.41, 5.74) is 2.16. The number of benzene rings is 1. The number of rotatable bonds is 3. The third-order valence-corrected chi connectivity index (χ3v) is 3.84. The summed E-state index contributed by atoms with van der Waals surface area (Å²) >= 11 is 0. The van der Waals surface area contributed by atoms with Crippen LogP contribution in [-0.4, -0.2) is 34.6 Å². The van der Waals surface area contributed by atoms with E-state index in [1.165, 1.54) is 12.5 Å². The van der Waals surface area contributed by atoms with Crippen molar-refractivity contribution < 1.29 is 8.42 Å². The number of hydrogen-bond donors (Lipinski definition) is 1. The molecule has 8 heteroatoms. The van der Waals surface area contributed by atoms with Gasteiger partial charge in [0.15, 0.2) is 5.82 Å². The van der Waals surface area contributed by atoms with E-state index in [1.54, 1.807) is 18.2 Å². The maximum absolute atomic E-state index is 11.6. The number of nitrogens with one attached hydrogen (secondary N) is 1. The average Bonchev–Trinajstić information content (AvgIpc) is 2.54. The Kier molecular flexibility index (Phi) is 3.64. The van der Waals surface area contributed by atoms with Gasteiger partial charge in [0, 0.05) is 17.5 Å². The number of nitrogens with zero attached hydrogens (tertiary/aromatic N) is 4. The quantitative estimate of drug-likeness (QED) is 0.576. The van der Waals surface area contributed by atoms with Gasteiger partial charge < -0.3 is 5.32 Å². The van der Waals surface area contributed by atoms with E-state index in [0.29, 0.717) is 28.1 Å². The van der Waals surface area contributed by atoms with E-state index in [2.05, 4.69) is 31.2 Å². The standard InChI is InChI=1S/C15H11N5O2S/c1-3-10-5-4-6-11(7-10)19-14-13-12(17-9-18-14)8-16-15(20-13)23(2,21)22/h1,4-9H,2H3,(H,17,18,19). The van der Waals surface area contributed by atoms with Crippen molar-refractivity contribution in [3.8, 4) is 12.3 Å². The van der Waals surface area contributed by atoms with Crippen LogP contribution in [0.4, 0.5) is 11.5 Å². The predicted octanol–water partition coefficient (Wildman–Crippen LogP) is 1.55. The van der Waals surface area contributed by atoms with Crippen molar-refractivity contribution in [1.82, 2.24) is 19.9 Å². The van der Waals surface area contributed by atoms with Gasteiger partial charge in [0.2, 0.25) is 15.0 Å². The molecule has 2 heterocycles. The van der Waals surface area contributed by atoms with Crippen LogP contribution in [-0.2, 0) is 9.84 Å². The van der Waals surface area contributed by atoms with Crippen molar-refractivity contribution in [3.05, 3.63) is 42.4 Å². The van der Waals surface area contributed by atoms with Crippen molar-refractivity contribution in [2.75, 3.05) is 11.6 Å². The fraction of sp³-hybridized carbons (Fsp3) is 0.0667. The summed E-state index contributed by atoms with van der Waals surface area (Å²) in [4.78, 5) is 16.0. The van der Waals surface area contributed by atoms with Crippen LogP contribution in [0.2, 0.25) is 0 Å². The molecule has 114 valence electrons. The smallest absolute Gasteiger partial charge is 0.247 e. The molecule has 3 aromatic rings. The normalized spacial score (nSPS) is 11.1. The molecule has 0 aliphatic rings. The van der Waals surface area contributed by atoms with Crippen LogP contribution in [0.1, 0.15) is 5.56 Å². The van der Waals surface area contributed by atoms with Gasteiger partial charge in [-0.25, -0.2) is 28.4 Å². The summed E-state index contributed by atoms with van der Waals surface area (Å²) in [6, 6.07) is 7.19. The number of anilines is 2.